The summed E-state index contributed by atoms with van der Waals surface area (Å²) in [5.74, 6) is 0.368. The maximum Gasteiger partial charge on any atom is 0.196 e. The maximum atomic E-state index is 12.6. The number of rotatable bonds is 4. The van der Waals surface area contributed by atoms with Crippen molar-refractivity contribution in [2.75, 3.05) is 5.73 Å². The summed E-state index contributed by atoms with van der Waals surface area (Å²) in [6, 6.07) is 11.9. The number of anilines is 1. The van der Waals surface area contributed by atoms with Gasteiger partial charge in [-0.2, -0.15) is 0 Å². The van der Waals surface area contributed by atoms with Crippen molar-refractivity contribution in [2.45, 2.75) is 20.0 Å². The number of halogens is 1. The van der Waals surface area contributed by atoms with E-state index in [1.807, 2.05) is 13.8 Å². The van der Waals surface area contributed by atoms with Crippen LogP contribution in [0.1, 0.15) is 29.8 Å². The number of hydrogen-bond donors (Lipinski definition) is 1. The number of nitrogens with two attached hydrogens (primary N) is 1. The zero-order valence-corrected chi connectivity index (χ0v) is 12.1. The summed E-state index contributed by atoms with van der Waals surface area (Å²) in [6.07, 6.45) is -0.0245. The van der Waals surface area contributed by atoms with Gasteiger partial charge in [0, 0.05) is 16.3 Å². The summed E-state index contributed by atoms with van der Waals surface area (Å²) < 4.78 is 5.66. The van der Waals surface area contributed by atoms with Crippen LogP contribution in [0.2, 0.25) is 5.02 Å². The van der Waals surface area contributed by atoms with Gasteiger partial charge in [-0.15, -0.1) is 0 Å². The molecule has 0 aliphatic rings. The summed E-state index contributed by atoms with van der Waals surface area (Å²) in [5.41, 5.74) is 7.22. The first kappa shape index (κ1) is 14.4. The average Bonchev–Trinajstić information content (AvgIpc) is 2.39. The summed E-state index contributed by atoms with van der Waals surface area (Å²) >= 11 is 5.98. The largest absolute Gasteiger partial charge is 0.490 e. The molecule has 0 amide bonds. The van der Waals surface area contributed by atoms with Gasteiger partial charge in [0.1, 0.15) is 5.75 Å². The van der Waals surface area contributed by atoms with Gasteiger partial charge < -0.3 is 10.5 Å². The minimum absolute atomic E-state index is 0.0245. The summed E-state index contributed by atoms with van der Waals surface area (Å²) in [7, 11) is 0. The molecule has 3 nitrogen and oxygen atoms in total. The molecule has 0 bridgehead atoms. The molecule has 4 heteroatoms. The first-order valence-electron chi connectivity index (χ1n) is 6.34. The maximum absolute atomic E-state index is 12.6. The number of hydrogen-bond acceptors (Lipinski definition) is 3. The van der Waals surface area contributed by atoms with Crippen molar-refractivity contribution in [1.82, 2.24) is 0 Å². The van der Waals surface area contributed by atoms with Crippen LogP contribution in [0, 0.1) is 0 Å². The van der Waals surface area contributed by atoms with Crippen LogP contribution in [0.25, 0.3) is 0 Å². The molecule has 2 aromatic carbocycles. The van der Waals surface area contributed by atoms with E-state index in [1.54, 1.807) is 42.5 Å². The van der Waals surface area contributed by atoms with Crippen molar-refractivity contribution >= 4 is 23.1 Å². The fourth-order valence-electron chi connectivity index (χ4n) is 1.87. The van der Waals surface area contributed by atoms with Gasteiger partial charge >= 0.3 is 0 Å². The van der Waals surface area contributed by atoms with E-state index < -0.39 is 0 Å². The first-order chi connectivity index (χ1) is 9.47. The zero-order valence-electron chi connectivity index (χ0n) is 11.4. The number of carbonyl (C=O) groups excluding carboxylic acids is 1. The van der Waals surface area contributed by atoms with E-state index in [4.69, 9.17) is 22.1 Å². The quantitative estimate of drug-likeness (QED) is 0.685. The molecule has 104 valence electrons. The van der Waals surface area contributed by atoms with Crippen LogP contribution in [0.4, 0.5) is 5.69 Å². The topological polar surface area (TPSA) is 52.3 Å². The van der Waals surface area contributed by atoms with Crippen LogP contribution >= 0.6 is 11.6 Å². The Morgan fingerprint density at radius 1 is 1.20 bits per heavy atom. The van der Waals surface area contributed by atoms with E-state index in [0.717, 1.165) is 0 Å². The number of ether oxygens (including phenoxy) is 1. The van der Waals surface area contributed by atoms with Gasteiger partial charge in [0.05, 0.1) is 11.7 Å². The summed E-state index contributed by atoms with van der Waals surface area (Å²) in [4.78, 5) is 12.6. The second kappa shape index (κ2) is 5.97. The third kappa shape index (κ3) is 3.31. The van der Waals surface area contributed by atoms with Crippen LogP contribution in [-0.2, 0) is 0 Å². The molecular formula is C16H16ClNO2. The fourth-order valence-corrected chi connectivity index (χ4v) is 2.04. The van der Waals surface area contributed by atoms with E-state index in [1.165, 1.54) is 0 Å². The van der Waals surface area contributed by atoms with Gasteiger partial charge in [-0.05, 0) is 44.2 Å². The summed E-state index contributed by atoms with van der Waals surface area (Å²) in [5, 5.41) is 0.494. The van der Waals surface area contributed by atoms with E-state index in [0.29, 0.717) is 27.6 Å². The van der Waals surface area contributed by atoms with Gasteiger partial charge in [-0.3, -0.25) is 4.79 Å². The van der Waals surface area contributed by atoms with Gasteiger partial charge in [0.2, 0.25) is 0 Å². The van der Waals surface area contributed by atoms with E-state index >= 15 is 0 Å². The van der Waals surface area contributed by atoms with Crippen LogP contribution in [0.3, 0.4) is 0 Å². The molecule has 0 aromatic heterocycles. The molecular weight excluding hydrogens is 274 g/mol. The van der Waals surface area contributed by atoms with Gasteiger partial charge in [0.15, 0.2) is 5.78 Å². The van der Waals surface area contributed by atoms with Crippen molar-refractivity contribution < 1.29 is 9.53 Å². The third-order valence-electron chi connectivity index (χ3n) is 2.70. The average molecular weight is 290 g/mol. The lowest BCUT2D eigenvalue weighted by atomic mass is 10.0. The number of ketones is 1. The Morgan fingerprint density at radius 2 is 1.95 bits per heavy atom. The van der Waals surface area contributed by atoms with Gasteiger partial charge in [-0.1, -0.05) is 23.7 Å². The van der Waals surface area contributed by atoms with Crippen molar-refractivity contribution in [2.24, 2.45) is 0 Å². The van der Waals surface area contributed by atoms with E-state index in [2.05, 4.69) is 0 Å². The Labute approximate surface area is 123 Å². The van der Waals surface area contributed by atoms with Gasteiger partial charge in [0.25, 0.3) is 0 Å². The normalized spacial score (nSPS) is 10.6. The third-order valence-corrected chi connectivity index (χ3v) is 2.93. The van der Waals surface area contributed by atoms with E-state index in [-0.39, 0.29) is 11.9 Å². The molecule has 0 radical (unpaired) electrons. The highest BCUT2D eigenvalue weighted by atomic mass is 35.5. The second-order valence-electron chi connectivity index (χ2n) is 4.76. The lowest BCUT2D eigenvalue weighted by Crippen LogP contribution is -2.11. The Bertz CT molecular complexity index is 638. The summed E-state index contributed by atoms with van der Waals surface area (Å²) in [6.45, 7) is 3.81. The van der Waals surface area contributed by atoms with Crippen LogP contribution in [-0.4, -0.2) is 11.9 Å². The zero-order chi connectivity index (χ0) is 14.7. The van der Waals surface area contributed by atoms with Crippen molar-refractivity contribution in [3.05, 3.63) is 58.6 Å². The Kier molecular flexibility index (Phi) is 4.30. The molecule has 0 fully saturated rings. The standard InChI is InChI=1S/C16H16ClNO2/c1-10(2)20-15-7-6-12(17)9-14(15)16(19)11-4-3-5-13(18)8-11/h3-10H,18H2,1-2H3. The molecule has 0 aliphatic heterocycles. The molecule has 0 heterocycles. The molecule has 0 atom stereocenters. The fraction of sp³-hybridized carbons (Fsp3) is 0.188. The lowest BCUT2D eigenvalue weighted by molar-refractivity contribution is 0.103. The highest BCUT2D eigenvalue weighted by Crippen LogP contribution is 2.26. The lowest BCUT2D eigenvalue weighted by Gasteiger charge is -2.14. The van der Waals surface area contributed by atoms with E-state index in [9.17, 15) is 4.79 Å². The molecule has 0 saturated carbocycles. The smallest absolute Gasteiger partial charge is 0.196 e. The molecule has 0 unspecified atom stereocenters. The minimum atomic E-state index is -0.157. The number of nitrogen functional groups attached to an aromatic ring is 1. The predicted octanol–water partition coefficient (Wildman–Crippen LogP) is 3.94. The van der Waals surface area contributed by atoms with Crippen molar-refractivity contribution in [3.63, 3.8) is 0 Å². The number of benzene rings is 2. The molecule has 20 heavy (non-hydrogen) atoms. The molecule has 2 N–H and O–H groups in total. The SMILES string of the molecule is CC(C)Oc1ccc(Cl)cc1C(=O)c1cccc(N)c1. The highest BCUT2D eigenvalue weighted by Gasteiger charge is 2.16. The Balaban J connectivity index is 2.45. The Morgan fingerprint density at radius 3 is 2.60 bits per heavy atom. The second-order valence-corrected chi connectivity index (χ2v) is 5.20. The molecule has 0 spiro atoms. The molecule has 2 rings (SSSR count). The van der Waals surface area contributed by atoms with Crippen molar-refractivity contribution in [1.29, 1.82) is 0 Å². The highest BCUT2D eigenvalue weighted by molar-refractivity contribution is 6.31. The van der Waals surface area contributed by atoms with Crippen LogP contribution in [0.5, 0.6) is 5.75 Å². The van der Waals surface area contributed by atoms with Gasteiger partial charge in [-0.25, -0.2) is 0 Å². The number of carbonyl (C=O) groups is 1. The molecule has 2 aromatic rings. The van der Waals surface area contributed by atoms with Crippen LogP contribution in [0.15, 0.2) is 42.5 Å². The van der Waals surface area contributed by atoms with Crippen LogP contribution < -0.4 is 10.5 Å². The predicted molar refractivity (Wildman–Crippen MR) is 81.5 cm³/mol. The monoisotopic (exact) mass is 289 g/mol. The first-order valence-corrected chi connectivity index (χ1v) is 6.71. The molecule has 0 aliphatic carbocycles. The Hall–Kier alpha value is -2.00. The molecule has 0 saturated heterocycles. The van der Waals surface area contributed by atoms with Crippen molar-refractivity contribution in [3.8, 4) is 5.75 Å². The minimum Gasteiger partial charge on any atom is -0.490 e.